The monoisotopic (exact) mass is 369 g/mol. The Morgan fingerprint density at radius 2 is 1.78 bits per heavy atom. The number of carbonyl (C=O) groups is 1. The van der Waals surface area contributed by atoms with Gasteiger partial charge in [-0.3, -0.25) is 4.79 Å². The van der Waals surface area contributed by atoms with Crippen molar-refractivity contribution in [3.63, 3.8) is 0 Å². The summed E-state index contributed by atoms with van der Waals surface area (Å²) in [5.41, 5.74) is 1.63. The molecule has 0 unspecified atom stereocenters. The van der Waals surface area contributed by atoms with Crippen LogP contribution in [0.3, 0.4) is 0 Å². The number of aromatic nitrogens is 2. The third kappa shape index (κ3) is 4.48. The molecule has 27 heavy (non-hydrogen) atoms. The molecule has 2 heterocycles. The summed E-state index contributed by atoms with van der Waals surface area (Å²) in [4.78, 5) is 27.9. The maximum atomic E-state index is 12.7. The Morgan fingerprint density at radius 3 is 2.37 bits per heavy atom. The van der Waals surface area contributed by atoms with Gasteiger partial charge in [-0.25, -0.2) is 4.98 Å². The normalized spacial score (nSPS) is 14.2. The van der Waals surface area contributed by atoms with Crippen LogP contribution in [0.1, 0.15) is 23.0 Å². The molecule has 0 bridgehead atoms. The zero-order valence-electron chi connectivity index (χ0n) is 16.5. The van der Waals surface area contributed by atoms with Gasteiger partial charge in [-0.15, -0.1) is 0 Å². The van der Waals surface area contributed by atoms with Crippen LogP contribution in [0.5, 0.6) is 5.75 Å². The molecule has 7 heteroatoms. The summed E-state index contributed by atoms with van der Waals surface area (Å²) in [5, 5.41) is 0. The molecule has 0 N–H and O–H groups in total. The van der Waals surface area contributed by atoms with Gasteiger partial charge in [0.1, 0.15) is 11.6 Å². The molecule has 0 radical (unpaired) electrons. The second kappa shape index (κ2) is 8.24. The zero-order valence-corrected chi connectivity index (χ0v) is 16.5. The summed E-state index contributed by atoms with van der Waals surface area (Å²) in [7, 11) is 3.94. The number of piperazine rings is 1. The van der Waals surface area contributed by atoms with Gasteiger partial charge >= 0.3 is 0 Å². The van der Waals surface area contributed by atoms with Crippen LogP contribution in [0.25, 0.3) is 0 Å². The Hall–Kier alpha value is -2.83. The Bertz CT molecular complexity index is 783. The van der Waals surface area contributed by atoms with E-state index in [4.69, 9.17) is 4.74 Å². The van der Waals surface area contributed by atoms with Crippen LogP contribution in [-0.2, 0) is 0 Å². The van der Waals surface area contributed by atoms with E-state index >= 15 is 0 Å². The van der Waals surface area contributed by atoms with Crippen LogP contribution >= 0.6 is 0 Å². The number of hydrogen-bond donors (Lipinski definition) is 0. The van der Waals surface area contributed by atoms with E-state index in [-0.39, 0.29) is 5.91 Å². The lowest BCUT2D eigenvalue weighted by molar-refractivity contribution is 0.0746. The van der Waals surface area contributed by atoms with Crippen molar-refractivity contribution in [1.82, 2.24) is 14.9 Å². The molecule has 0 saturated carbocycles. The van der Waals surface area contributed by atoms with Crippen LogP contribution < -0.4 is 14.5 Å². The maximum Gasteiger partial charge on any atom is 0.253 e. The second-order valence-corrected chi connectivity index (χ2v) is 6.80. The minimum absolute atomic E-state index is 0.0526. The Morgan fingerprint density at radius 1 is 1.11 bits per heavy atom. The third-order valence-corrected chi connectivity index (χ3v) is 4.55. The predicted molar refractivity (Wildman–Crippen MR) is 107 cm³/mol. The smallest absolute Gasteiger partial charge is 0.253 e. The number of hydrogen-bond acceptors (Lipinski definition) is 6. The van der Waals surface area contributed by atoms with Gasteiger partial charge in [-0.1, -0.05) is 0 Å². The first-order chi connectivity index (χ1) is 13.0. The quantitative estimate of drug-likeness (QED) is 0.805. The van der Waals surface area contributed by atoms with Crippen LogP contribution in [0.2, 0.25) is 0 Å². The molecule has 0 aliphatic carbocycles. The number of nitrogens with zero attached hydrogens (tertiary/aromatic N) is 5. The van der Waals surface area contributed by atoms with E-state index in [1.165, 1.54) is 0 Å². The molecule has 1 saturated heterocycles. The molecule has 1 fully saturated rings. The first kappa shape index (κ1) is 18.9. The van der Waals surface area contributed by atoms with Crippen molar-refractivity contribution in [1.29, 1.82) is 0 Å². The van der Waals surface area contributed by atoms with Crippen LogP contribution in [0, 0.1) is 6.92 Å². The molecule has 2 aromatic rings. The van der Waals surface area contributed by atoms with E-state index in [0.29, 0.717) is 25.3 Å². The lowest BCUT2D eigenvalue weighted by Crippen LogP contribution is -2.49. The maximum absolute atomic E-state index is 12.7. The van der Waals surface area contributed by atoms with Gasteiger partial charge in [0.05, 0.1) is 6.61 Å². The SMILES string of the molecule is CCOc1ccc(C(=O)N2CCN(c3nc(C)cc(N(C)C)n3)CC2)cc1. The van der Waals surface area contributed by atoms with Crippen molar-refractivity contribution < 1.29 is 9.53 Å². The molecule has 3 rings (SSSR count). The lowest BCUT2D eigenvalue weighted by Gasteiger charge is -2.35. The zero-order chi connectivity index (χ0) is 19.4. The van der Waals surface area contributed by atoms with Crippen LogP contribution in [0.4, 0.5) is 11.8 Å². The van der Waals surface area contributed by atoms with Gasteiger partial charge in [0.2, 0.25) is 5.95 Å². The summed E-state index contributed by atoms with van der Waals surface area (Å²) >= 11 is 0. The molecule has 7 nitrogen and oxygen atoms in total. The summed E-state index contributed by atoms with van der Waals surface area (Å²) in [6, 6.07) is 9.31. The van der Waals surface area contributed by atoms with Crippen molar-refractivity contribution in [2.75, 3.05) is 56.7 Å². The molecule has 1 aromatic carbocycles. The molecule has 0 atom stereocenters. The number of aryl methyl sites for hydroxylation is 1. The average Bonchev–Trinajstić information content (AvgIpc) is 2.68. The highest BCUT2D eigenvalue weighted by Gasteiger charge is 2.24. The van der Waals surface area contributed by atoms with Crippen molar-refractivity contribution in [3.8, 4) is 5.75 Å². The first-order valence-corrected chi connectivity index (χ1v) is 9.28. The average molecular weight is 369 g/mol. The Labute approximate surface area is 160 Å². The summed E-state index contributed by atoms with van der Waals surface area (Å²) in [6.07, 6.45) is 0. The van der Waals surface area contributed by atoms with Crippen molar-refractivity contribution >= 4 is 17.7 Å². The minimum Gasteiger partial charge on any atom is -0.494 e. The van der Waals surface area contributed by atoms with Gasteiger partial charge in [0.25, 0.3) is 5.91 Å². The highest BCUT2D eigenvalue weighted by molar-refractivity contribution is 5.94. The molecular weight excluding hydrogens is 342 g/mol. The molecule has 144 valence electrons. The van der Waals surface area contributed by atoms with E-state index in [9.17, 15) is 4.79 Å². The largest absolute Gasteiger partial charge is 0.494 e. The number of benzene rings is 1. The lowest BCUT2D eigenvalue weighted by atomic mass is 10.1. The summed E-state index contributed by atoms with van der Waals surface area (Å²) in [6.45, 7) is 7.28. The number of ether oxygens (including phenoxy) is 1. The predicted octanol–water partition coefficient (Wildman–Crippen LogP) is 2.21. The molecule has 0 spiro atoms. The second-order valence-electron chi connectivity index (χ2n) is 6.80. The summed E-state index contributed by atoms with van der Waals surface area (Å²) < 4.78 is 5.44. The van der Waals surface area contributed by atoms with Gasteiger partial charge < -0.3 is 19.4 Å². The molecule has 1 aromatic heterocycles. The van der Waals surface area contributed by atoms with Gasteiger partial charge in [-0.05, 0) is 38.1 Å². The van der Waals surface area contributed by atoms with E-state index < -0.39 is 0 Å². The fourth-order valence-corrected chi connectivity index (χ4v) is 3.06. The number of carbonyl (C=O) groups excluding carboxylic acids is 1. The van der Waals surface area contributed by atoms with Crippen LogP contribution in [-0.4, -0.2) is 67.7 Å². The highest BCUT2D eigenvalue weighted by atomic mass is 16.5. The van der Waals surface area contributed by atoms with Gasteiger partial charge in [-0.2, -0.15) is 4.98 Å². The summed E-state index contributed by atoms with van der Waals surface area (Å²) in [5.74, 6) is 2.46. The Kier molecular flexibility index (Phi) is 5.78. The van der Waals surface area contributed by atoms with Gasteiger partial charge in [0.15, 0.2) is 0 Å². The van der Waals surface area contributed by atoms with E-state index in [2.05, 4.69) is 14.9 Å². The highest BCUT2D eigenvalue weighted by Crippen LogP contribution is 2.19. The van der Waals surface area contributed by atoms with Crippen molar-refractivity contribution in [2.24, 2.45) is 0 Å². The molecule has 1 aliphatic rings. The van der Waals surface area contributed by atoms with Crippen molar-refractivity contribution in [3.05, 3.63) is 41.6 Å². The van der Waals surface area contributed by atoms with E-state index in [1.54, 1.807) is 0 Å². The number of anilines is 2. The molecule has 1 aliphatic heterocycles. The fourth-order valence-electron chi connectivity index (χ4n) is 3.06. The first-order valence-electron chi connectivity index (χ1n) is 9.28. The fraction of sp³-hybridized carbons (Fsp3) is 0.450. The van der Waals surface area contributed by atoms with Gasteiger partial charge in [0, 0.05) is 57.6 Å². The van der Waals surface area contributed by atoms with E-state index in [1.807, 2.05) is 68.1 Å². The van der Waals surface area contributed by atoms with Crippen molar-refractivity contribution in [2.45, 2.75) is 13.8 Å². The molecule has 1 amide bonds. The number of rotatable bonds is 5. The topological polar surface area (TPSA) is 61.8 Å². The standard InChI is InChI=1S/C20H27N5O2/c1-5-27-17-8-6-16(7-9-17)19(26)24-10-12-25(13-11-24)20-21-15(2)14-18(22-20)23(3)4/h6-9,14H,5,10-13H2,1-4H3. The Balaban J connectivity index is 1.64. The molecular formula is C20H27N5O2. The van der Waals surface area contributed by atoms with Crippen LogP contribution in [0.15, 0.2) is 30.3 Å². The van der Waals surface area contributed by atoms with E-state index in [0.717, 1.165) is 36.3 Å². The minimum atomic E-state index is 0.0526. The number of amides is 1. The third-order valence-electron chi connectivity index (χ3n) is 4.55.